The number of benzene rings is 2. The van der Waals surface area contributed by atoms with Crippen molar-refractivity contribution in [2.24, 2.45) is 0 Å². The Morgan fingerprint density at radius 3 is 2.40 bits per heavy atom. The molecule has 4 nitrogen and oxygen atoms in total. The quantitative estimate of drug-likeness (QED) is 0.773. The fraction of sp³-hybridized carbons (Fsp3) is 0.381. The molecule has 0 aromatic heterocycles. The molecule has 134 valence electrons. The van der Waals surface area contributed by atoms with Crippen LogP contribution in [0.3, 0.4) is 0 Å². The van der Waals surface area contributed by atoms with Crippen molar-refractivity contribution in [2.45, 2.75) is 46.3 Å². The normalized spacial score (nSPS) is 13.0. The highest BCUT2D eigenvalue weighted by molar-refractivity contribution is 5.81. The lowest BCUT2D eigenvalue weighted by Gasteiger charge is -2.21. The van der Waals surface area contributed by atoms with E-state index in [1.807, 2.05) is 76.2 Å². The number of hydrogen-bond donors (Lipinski definition) is 1. The molecule has 0 saturated heterocycles. The van der Waals surface area contributed by atoms with Crippen LogP contribution in [0.4, 0.5) is 0 Å². The first-order chi connectivity index (χ1) is 12.0. The Hall–Kier alpha value is -2.49. The van der Waals surface area contributed by atoms with Crippen LogP contribution in [0.15, 0.2) is 48.5 Å². The van der Waals surface area contributed by atoms with E-state index in [1.165, 1.54) is 0 Å². The van der Waals surface area contributed by atoms with Gasteiger partial charge in [-0.2, -0.15) is 0 Å². The van der Waals surface area contributed by atoms with Crippen LogP contribution < -0.4 is 14.8 Å². The molecule has 4 heteroatoms. The number of rotatable bonds is 8. The average molecular weight is 341 g/mol. The minimum absolute atomic E-state index is 0.0988. The summed E-state index contributed by atoms with van der Waals surface area (Å²) in [6.07, 6.45) is 0.0995. The highest BCUT2D eigenvalue weighted by Gasteiger charge is 2.20. The standard InChI is InChI=1S/C21H27NO3/c1-5-20(25-19-9-7-8-15(3)14-19)21(23)22-16(4)17-10-12-18(13-11-17)24-6-2/h7-14,16,20H,5-6H2,1-4H3,(H,22,23)/t16-,20-/m0/s1. The molecular formula is C21H27NO3. The second kappa shape index (κ2) is 9.11. The topological polar surface area (TPSA) is 47.6 Å². The van der Waals surface area contributed by atoms with Gasteiger partial charge in [0, 0.05) is 0 Å². The van der Waals surface area contributed by atoms with Gasteiger partial charge in [0.2, 0.25) is 0 Å². The van der Waals surface area contributed by atoms with Crippen LogP contribution in [-0.4, -0.2) is 18.6 Å². The van der Waals surface area contributed by atoms with Gasteiger partial charge in [0.05, 0.1) is 12.6 Å². The van der Waals surface area contributed by atoms with Crippen LogP contribution in [0.5, 0.6) is 11.5 Å². The third-order valence-electron chi connectivity index (χ3n) is 3.98. The molecule has 25 heavy (non-hydrogen) atoms. The molecule has 0 bridgehead atoms. The van der Waals surface area contributed by atoms with E-state index in [4.69, 9.17) is 9.47 Å². The van der Waals surface area contributed by atoms with Gasteiger partial charge in [-0.25, -0.2) is 0 Å². The zero-order valence-electron chi connectivity index (χ0n) is 15.4. The molecule has 0 aliphatic carbocycles. The number of hydrogen-bond acceptors (Lipinski definition) is 3. The SMILES string of the molecule is CCOc1ccc([C@H](C)NC(=O)[C@H](CC)Oc2cccc(C)c2)cc1. The molecule has 0 radical (unpaired) electrons. The Bertz CT molecular complexity index is 682. The Balaban J connectivity index is 1.98. The zero-order chi connectivity index (χ0) is 18.2. The van der Waals surface area contributed by atoms with Crippen LogP contribution in [0.25, 0.3) is 0 Å². The van der Waals surface area contributed by atoms with Crippen molar-refractivity contribution in [3.05, 3.63) is 59.7 Å². The van der Waals surface area contributed by atoms with Gasteiger partial charge in [0.25, 0.3) is 5.91 Å². The van der Waals surface area contributed by atoms with E-state index in [9.17, 15) is 4.79 Å². The summed E-state index contributed by atoms with van der Waals surface area (Å²) in [5.74, 6) is 1.44. The van der Waals surface area contributed by atoms with Gasteiger partial charge < -0.3 is 14.8 Å². The minimum Gasteiger partial charge on any atom is -0.494 e. The van der Waals surface area contributed by atoms with Crippen LogP contribution in [0, 0.1) is 6.92 Å². The van der Waals surface area contributed by atoms with Crippen LogP contribution >= 0.6 is 0 Å². The number of amides is 1. The van der Waals surface area contributed by atoms with Crippen molar-refractivity contribution >= 4 is 5.91 Å². The van der Waals surface area contributed by atoms with Gasteiger partial charge >= 0.3 is 0 Å². The number of nitrogens with one attached hydrogen (secondary N) is 1. The second-order valence-electron chi connectivity index (χ2n) is 6.06. The molecule has 0 unspecified atom stereocenters. The summed E-state index contributed by atoms with van der Waals surface area (Å²) in [4.78, 5) is 12.6. The molecule has 0 aliphatic heterocycles. The Kier molecular flexibility index (Phi) is 6.87. The Morgan fingerprint density at radius 1 is 1.08 bits per heavy atom. The van der Waals surface area contributed by atoms with E-state index in [0.29, 0.717) is 13.0 Å². The average Bonchev–Trinajstić information content (AvgIpc) is 2.60. The molecule has 0 fully saturated rings. The van der Waals surface area contributed by atoms with Gasteiger partial charge in [0.1, 0.15) is 11.5 Å². The molecule has 1 N–H and O–H groups in total. The van der Waals surface area contributed by atoms with Gasteiger partial charge in [-0.15, -0.1) is 0 Å². The van der Waals surface area contributed by atoms with Crippen LogP contribution in [0.2, 0.25) is 0 Å². The summed E-state index contributed by atoms with van der Waals surface area (Å²) >= 11 is 0. The summed E-state index contributed by atoms with van der Waals surface area (Å²) in [5.41, 5.74) is 2.14. The Labute approximate surface area is 150 Å². The van der Waals surface area contributed by atoms with Gasteiger partial charge in [0.15, 0.2) is 6.10 Å². The smallest absolute Gasteiger partial charge is 0.261 e. The molecule has 0 heterocycles. The minimum atomic E-state index is -0.507. The van der Waals surface area contributed by atoms with E-state index in [1.54, 1.807) is 0 Å². The Morgan fingerprint density at radius 2 is 1.80 bits per heavy atom. The first-order valence-electron chi connectivity index (χ1n) is 8.80. The molecule has 2 atom stereocenters. The summed E-state index contributed by atoms with van der Waals surface area (Å²) < 4.78 is 11.3. The predicted octanol–water partition coefficient (Wildman–Crippen LogP) is 4.43. The summed E-state index contributed by atoms with van der Waals surface area (Å²) in [6, 6.07) is 15.4. The van der Waals surface area contributed by atoms with Crippen molar-refractivity contribution in [2.75, 3.05) is 6.61 Å². The van der Waals surface area contributed by atoms with Crippen molar-refractivity contribution < 1.29 is 14.3 Å². The van der Waals surface area contributed by atoms with Gasteiger partial charge in [-0.05, 0) is 62.6 Å². The molecule has 0 saturated carbocycles. The van der Waals surface area contributed by atoms with E-state index in [0.717, 1.165) is 22.6 Å². The largest absolute Gasteiger partial charge is 0.494 e. The van der Waals surface area contributed by atoms with E-state index >= 15 is 0 Å². The first kappa shape index (κ1) is 18.8. The molecule has 2 rings (SSSR count). The number of carbonyl (C=O) groups excluding carboxylic acids is 1. The maximum absolute atomic E-state index is 12.6. The molecule has 2 aromatic carbocycles. The highest BCUT2D eigenvalue weighted by atomic mass is 16.5. The molecule has 0 spiro atoms. The van der Waals surface area contributed by atoms with E-state index in [-0.39, 0.29) is 11.9 Å². The van der Waals surface area contributed by atoms with Crippen molar-refractivity contribution in [1.82, 2.24) is 5.32 Å². The molecule has 2 aromatic rings. The van der Waals surface area contributed by atoms with E-state index < -0.39 is 6.10 Å². The molecule has 1 amide bonds. The lowest BCUT2D eigenvalue weighted by molar-refractivity contribution is -0.128. The predicted molar refractivity (Wildman–Crippen MR) is 100 cm³/mol. The second-order valence-corrected chi connectivity index (χ2v) is 6.06. The van der Waals surface area contributed by atoms with Gasteiger partial charge in [-0.1, -0.05) is 31.2 Å². The van der Waals surface area contributed by atoms with Crippen molar-refractivity contribution in [3.63, 3.8) is 0 Å². The monoisotopic (exact) mass is 341 g/mol. The van der Waals surface area contributed by atoms with Gasteiger partial charge in [-0.3, -0.25) is 4.79 Å². The van der Waals surface area contributed by atoms with Crippen LogP contribution in [-0.2, 0) is 4.79 Å². The highest BCUT2D eigenvalue weighted by Crippen LogP contribution is 2.19. The van der Waals surface area contributed by atoms with Crippen molar-refractivity contribution in [1.29, 1.82) is 0 Å². The van der Waals surface area contributed by atoms with Crippen molar-refractivity contribution in [3.8, 4) is 11.5 Å². The summed E-state index contributed by atoms with van der Waals surface area (Å²) in [5, 5.41) is 3.03. The zero-order valence-corrected chi connectivity index (χ0v) is 15.4. The third-order valence-corrected chi connectivity index (χ3v) is 3.98. The summed E-state index contributed by atoms with van der Waals surface area (Å²) in [7, 11) is 0. The maximum Gasteiger partial charge on any atom is 0.261 e. The summed E-state index contributed by atoms with van der Waals surface area (Å²) in [6.45, 7) is 8.51. The van der Waals surface area contributed by atoms with Crippen LogP contribution in [0.1, 0.15) is 44.4 Å². The van der Waals surface area contributed by atoms with E-state index in [2.05, 4.69) is 5.32 Å². The third kappa shape index (κ3) is 5.52. The first-order valence-corrected chi connectivity index (χ1v) is 8.80. The lowest BCUT2D eigenvalue weighted by atomic mass is 10.1. The lowest BCUT2D eigenvalue weighted by Crippen LogP contribution is -2.39. The molecule has 0 aliphatic rings. The number of carbonyl (C=O) groups is 1. The fourth-order valence-electron chi connectivity index (χ4n) is 2.58. The molecular weight excluding hydrogens is 314 g/mol. The number of aryl methyl sites for hydroxylation is 1. The maximum atomic E-state index is 12.6. The number of ether oxygens (including phenoxy) is 2. The fourth-order valence-corrected chi connectivity index (χ4v) is 2.58.